The summed E-state index contributed by atoms with van der Waals surface area (Å²) in [6.45, 7) is -0.303. The largest absolute Gasteiger partial charge is 0.444 e. The van der Waals surface area contributed by atoms with Crippen LogP contribution in [0.1, 0.15) is 16.1 Å². The molecule has 0 atom stereocenters. The summed E-state index contributed by atoms with van der Waals surface area (Å²) in [6, 6.07) is 8.50. The lowest BCUT2D eigenvalue weighted by Crippen LogP contribution is -2.36. The lowest BCUT2D eigenvalue weighted by atomic mass is 10.1. The minimum absolute atomic E-state index is 0.0206. The molecule has 9 nitrogen and oxygen atoms in total. The molecule has 0 radical (unpaired) electrons. The van der Waals surface area contributed by atoms with Crippen LogP contribution in [0, 0.1) is 10.1 Å². The van der Waals surface area contributed by atoms with Crippen LogP contribution in [0.25, 0.3) is 6.08 Å². The molecule has 0 aliphatic rings. The maximum Gasteiger partial charge on any atom is 0.291 e. The van der Waals surface area contributed by atoms with Crippen LogP contribution in [0.2, 0.25) is 0 Å². The molecule has 0 aliphatic carbocycles. The van der Waals surface area contributed by atoms with Gasteiger partial charge in [0.1, 0.15) is 5.70 Å². The molecule has 0 saturated heterocycles. The van der Waals surface area contributed by atoms with Crippen molar-refractivity contribution in [2.75, 3.05) is 13.2 Å². The summed E-state index contributed by atoms with van der Waals surface area (Å²) in [4.78, 5) is 34.7. The van der Waals surface area contributed by atoms with E-state index in [-0.39, 0.29) is 30.3 Å². The monoisotopic (exact) mass is 423 g/mol. The van der Waals surface area contributed by atoms with E-state index in [4.69, 9.17) is 9.52 Å². The number of carbonyl (C=O) groups excluding carboxylic acids is 2. The number of nitro benzene ring substituents is 1. The third-order valence-corrected chi connectivity index (χ3v) is 3.51. The number of amides is 2. The van der Waals surface area contributed by atoms with E-state index >= 15 is 0 Å². The van der Waals surface area contributed by atoms with Crippen molar-refractivity contribution in [2.24, 2.45) is 0 Å². The average molecular weight is 424 g/mol. The van der Waals surface area contributed by atoms with Gasteiger partial charge in [-0.1, -0.05) is 12.1 Å². The van der Waals surface area contributed by atoms with Crippen molar-refractivity contribution in [3.05, 3.63) is 68.2 Å². The lowest BCUT2D eigenvalue weighted by molar-refractivity contribution is -0.384. The van der Waals surface area contributed by atoms with E-state index in [1.54, 1.807) is 6.07 Å². The summed E-state index contributed by atoms with van der Waals surface area (Å²) in [5.41, 5.74) is 0.0286. The summed E-state index contributed by atoms with van der Waals surface area (Å²) in [6.07, 6.45) is 1.29. The Kier molecular flexibility index (Phi) is 6.64. The molecule has 0 unspecified atom stereocenters. The molecular formula is C16H14BrN3O6. The quantitative estimate of drug-likeness (QED) is 0.353. The number of aliphatic hydroxyl groups excluding tert-OH is 1. The molecule has 0 saturated carbocycles. The Morgan fingerprint density at radius 1 is 1.31 bits per heavy atom. The smallest absolute Gasteiger partial charge is 0.291 e. The SMILES string of the molecule is O=C(NCCO)/C(=C/c1cccc([N+](=O)[O-])c1)NC(=O)c1ccc(Br)o1. The van der Waals surface area contributed by atoms with Crippen molar-refractivity contribution in [2.45, 2.75) is 0 Å². The van der Waals surface area contributed by atoms with Crippen molar-refractivity contribution in [1.82, 2.24) is 10.6 Å². The first-order valence-electron chi connectivity index (χ1n) is 7.32. The Hall–Kier alpha value is -2.98. The van der Waals surface area contributed by atoms with Crippen molar-refractivity contribution in [3.63, 3.8) is 0 Å². The Morgan fingerprint density at radius 3 is 2.69 bits per heavy atom. The van der Waals surface area contributed by atoms with Crippen LogP contribution < -0.4 is 10.6 Å². The summed E-state index contributed by atoms with van der Waals surface area (Å²) in [5.74, 6) is -1.37. The first-order chi connectivity index (χ1) is 12.4. The normalized spacial score (nSPS) is 11.1. The second kappa shape index (κ2) is 8.92. The predicted molar refractivity (Wildman–Crippen MR) is 95.0 cm³/mol. The Balaban J connectivity index is 2.30. The number of rotatable bonds is 7. The van der Waals surface area contributed by atoms with Crippen LogP contribution in [-0.2, 0) is 4.79 Å². The highest BCUT2D eigenvalue weighted by atomic mass is 79.9. The van der Waals surface area contributed by atoms with Crippen LogP contribution >= 0.6 is 15.9 Å². The Labute approximate surface area is 156 Å². The van der Waals surface area contributed by atoms with Gasteiger partial charge in [0.2, 0.25) is 0 Å². The Morgan fingerprint density at radius 2 is 2.08 bits per heavy atom. The molecule has 136 valence electrons. The van der Waals surface area contributed by atoms with E-state index in [1.807, 2.05) is 0 Å². The van der Waals surface area contributed by atoms with Crippen molar-refractivity contribution < 1.29 is 24.0 Å². The highest BCUT2D eigenvalue weighted by Gasteiger charge is 2.17. The predicted octanol–water partition coefficient (Wildman–Crippen LogP) is 1.83. The fourth-order valence-electron chi connectivity index (χ4n) is 1.94. The lowest BCUT2D eigenvalue weighted by Gasteiger charge is -2.09. The number of aliphatic hydroxyl groups is 1. The first-order valence-corrected chi connectivity index (χ1v) is 8.12. The fraction of sp³-hybridized carbons (Fsp3) is 0.125. The number of nitrogens with zero attached hydrogens (tertiary/aromatic N) is 1. The fourth-order valence-corrected chi connectivity index (χ4v) is 2.24. The van der Waals surface area contributed by atoms with E-state index in [9.17, 15) is 19.7 Å². The molecule has 0 aliphatic heterocycles. The van der Waals surface area contributed by atoms with Gasteiger partial charge >= 0.3 is 0 Å². The first kappa shape index (κ1) is 19.3. The molecule has 26 heavy (non-hydrogen) atoms. The molecule has 1 aromatic carbocycles. The summed E-state index contributed by atoms with van der Waals surface area (Å²) in [7, 11) is 0. The third-order valence-electron chi connectivity index (χ3n) is 3.08. The van der Waals surface area contributed by atoms with Crippen molar-refractivity contribution in [3.8, 4) is 0 Å². The Bertz CT molecular complexity index is 861. The van der Waals surface area contributed by atoms with Gasteiger partial charge in [0.25, 0.3) is 17.5 Å². The minimum atomic E-state index is -0.675. The number of furan rings is 1. The van der Waals surface area contributed by atoms with Crippen LogP contribution in [0.3, 0.4) is 0 Å². The van der Waals surface area contributed by atoms with Crippen LogP contribution in [0.15, 0.2) is 51.2 Å². The molecule has 2 amide bonds. The van der Waals surface area contributed by atoms with Gasteiger partial charge in [0.15, 0.2) is 10.4 Å². The zero-order valence-electron chi connectivity index (χ0n) is 13.3. The second-order valence-corrected chi connectivity index (χ2v) is 5.73. The third kappa shape index (κ3) is 5.26. The number of carbonyl (C=O) groups is 2. The molecular weight excluding hydrogens is 410 g/mol. The van der Waals surface area contributed by atoms with Gasteiger partial charge in [-0.3, -0.25) is 19.7 Å². The van der Waals surface area contributed by atoms with Crippen LogP contribution in [0.5, 0.6) is 0 Å². The second-order valence-electron chi connectivity index (χ2n) is 4.95. The van der Waals surface area contributed by atoms with Gasteiger partial charge in [-0.2, -0.15) is 0 Å². The van der Waals surface area contributed by atoms with E-state index in [1.165, 1.54) is 36.4 Å². The molecule has 0 spiro atoms. The number of non-ortho nitro benzene ring substituents is 1. The average Bonchev–Trinajstić information content (AvgIpc) is 3.05. The van der Waals surface area contributed by atoms with E-state index < -0.39 is 16.7 Å². The van der Waals surface area contributed by atoms with Gasteiger partial charge in [0.05, 0.1) is 11.5 Å². The van der Waals surface area contributed by atoms with Gasteiger partial charge in [0, 0.05) is 18.7 Å². The molecule has 1 heterocycles. The maximum absolute atomic E-state index is 12.2. The number of halogens is 1. The highest BCUT2D eigenvalue weighted by Crippen LogP contribution is 2.17. The zero-order chi connectivity index (χ0) is 19.1. The number of hydrogen-bond acceptors (Lipinski definition) is 6. The van der Waals surface area contributed by atoms with E-state index in [0.29, 0.717) is 10.2 Å². The van der Waals surface area contributed by atoms with Gasteiger partial charge < -0.3 is 20.2 Å². The number of hydrogen-bond donors (Lipinski definition) is 3. The van der Waals surface area contributed by atoms with Gasteiger partial charge in [-0.05, 0) is 39.7 Å². The molecule has 2 aromatic rings. The highest BCUT2D eigenvalue weighted by molar-refractivity contribution is 9.10. The molecule has 0 bridgehead atoms. The number of nitrogens with one attached hydrogen (secondary N) is 2. The molecule has 2 rings (SSSR count). The van der Waals surface area contributed by atoms with E-state index in [2.05, 4.69) is 26.6 Å². The van der Waals surface area contributed by atoms with E-state index in [0.717, 1.165) is 0 Å². The summed E-state index contributed by atoms with van der Waals surface area (Å²) in [5, 5.41) is 24.5. The zero-order valence-corrected chi connectivity index (χ0v) is 14.9. The maximum atomic E-state index is 12.2. The molecule has 3 N–H and O–H groups in total. The number of benzene rings is 1. The molecule has 1 aromatic heterocycles. The van der Waals surface area contributed by atoms with Crippen LogP contribution in [-0.4, -0.2) is 35.0 Å². The molecule has 10 heteroatoms. The number of nitro groups is 1. The van der Waals surface area contributed by atoms with Crippen LogP contribution in [0.4, 0.5) is 5.69 Å². The minimum Gasteiger partial charge on any atom is -0.444 e. The van der Waals surface area contributed by atoms with Crippen molar-refractivity contribution in [1.29, 1.82) is 0 Å². The van der Waals surface area contributed by atoms with Gasteiger partial charge in [-0.25, -0.2) is 0 Å². The van der Waals surface area contributed by atoms with Gasteiger partial charge in [-0.15, -0.1) is 0 Å². The topological polar surface area (TPSA) is 135 Å². The summed E-state index contributed by atoms with van der Waals surface area (Å²) < 4.78 is 5.47. The summed E-state index contributed by atoms with van der Waals surface area (Å²) >= 11 is 3.07. The molecule has 0 fully saturated rings. The standard InChI is InChI=1S/C16H14BrN3O6/c17-14-5-4-13(26-14)16(23)19-12(15(22)18-6-7-21)9-10-2-1-3-11(8-10)20(24)25/h1-5,8-9,21H,6-7H2,(H,18,22)(H,19,23)/b12-9-. The van der Waals surface area contributed by atoms with Crippen molar-refractivity contribution >= 4 is 39.5 Å².